The van der Waals surface area contributed by atoms with Crippen LogP contribution in [-0.2, 0) is 11.3 Å². The molecule has 0 amide bonds. The molecular formula is C16H27N3O2. The molecule has 5 nitrogen and oxygen atoms in total. The Morgan fingerprint density at radius 2 is 1.86 bits per heavy atom. The summed E-state index contributed by atoms with van der Waals surface area (Å²) in [6.07, 6.45) is 0.873. The minimum Gasteiger partial charge on any atom is -0.497 e. The molecule has 0 aromatic heterocycles. The minimum absolute atomic E-state index is 0.610. The predicted molar refractivity (Wildman–Crippen MR) is 86.7 cm³/mol. The summed E-state index contributed by atoms with van der Waals surface area (Å²) < 4.78 is 10.7. The van der Waals surface area contributed by atoms with E-state index in [1.54, 1.807) is 7.11 Å². The van der Waals surface area contributed by atoms with Gasteiger partial charge < -0.3 is 20.1 Å². The molecule has 0 aliphatic rings. The molecule has 0 heterocycles. The van der Waals surface area contributed by atoms with Gasteiger partial charge in [-0.25, -0.2) is 0 Å². The van der Waals surface area contributed by atoms with E-state index in [-0.39, 0.29) is 0 Å². The van der Waals surface area contributed by atoms with Gasteiger partial charge in [-0.15, -0.1) is 0 Å². The average molecular weight is 293 g/mol. The Kier molecular flexibility index (Phi) is 8.28. The summed E-state index contributed by atoms with van der Waals surface area (Å²) in [7, 11) is 1.66. The summed E-state index contributed by atoms with van der Waals surface area (Å²) in [6.45, 7) is 7.92. The number of nitrogens with zero attached hydrogens (tertiary/aromatic N) is 2. The minimum atomic E-state index is 0.610. The van der Waals surface area contributed by atoms with Gasteiger partial charge >= 0.3 is 0 Å². The van der Waals surface area contributed by atoms with Crippen LogP contribution >= 0.6 is 0 Å². The molecule has 1 aromatic carbocycles. The second-order valence-corrected chi connectivity index (χ2v) is 4.67. The van der Waals surface area contributed by atoms with E-state index in [0.717, 1.165) is 30.8 Å². The number of ether oxygens (including phenoxy) is 2. The molecule has 2 N–H and O–H groups in total. The van der Waals surface area contributed by atoms with E-state index in [4.69, 9.17) is 15.2 Å². The molecule has 1 aromatic rings. The lowest BCUT2D eigenvalue weighted by Gasteiger charge is -2.19. The van der Waals surface area contributed by atoms with E-state index < -0.39 is 0 Å². The number of benzene rings is 1. The van der Waals surface area contributed by atoms with Crippen LogP contribution < -0.4 is 10.5 Å². The molecule has 0 radical (unpaired) electrons. The number of rotatable bonds is 9. The van der Waals surface area contributed by atoms with Gasteiger partial charge in [0.15, 0.2) is 5.96 Å². The van der Waals surface area contributed by atoms with E-state index in [1.165, 1.54) is 0 Å². The lowest BCUT2D eigenvalue weighted by atomic mass is 10.2. The van der Waals surface area contributed by atoms with Crippen LogP contribution in [0.25, 0.3) is 0 Å². The van der Waals surface area contributed by atoms with Crippen LogP contribution in [0.3, 0.4) is 0 Å². The number of hydrogen-bond acceptors (Lipinski definition) is 3. The number of nitrogens with two attached hydrogens (primary N) is 1. The van der Waals surface area contributed by atoms with Crippen LogP contribution in [0.2, 0.25) is 0 Å². The second-order valence-electron chi connectivity index (χ2n) is 4.67. The Morgan fingerprint density at radius 1 is 1.19 bits per heavy atom. The smallest absolute Gasteiger partial charge is 0.191 e. The Balaban J connectivity index is 2.18. The standard InChI is InChI=1S/C16H27N3O2/c1-4-19(5-2)16(17)18-11-6-12-21-13-14-7-9-15(20-3)10-8-14/h7-10H,4-6,11-13H2,1-3H3,(H2,17,18). The summed E-state index contributed by atoms with van der Waals surface area (Å²) in [4.78, 5) is 6.40. The summed E-state index contributed by atoms with van der Waals surface area (Å²) in [5.41, 5.74) is 7.04. The van der Waals surface area contributed by atoms with Gasteiger partial charge in [-0.05, 0) is 38.0 Å². The van der Waals surface area contributed by atoms with Crippen molar-refractivity contribution >= 4 is 5.96 Å². The highest BCUT2D eigenvalue weighted by Gasteiger charge is 2.01. The first-order chi connectivity index (χ1) is 10.2. The van der Waals surface area contributed by atoms with Crippen LogP contribution in [0, 0.1) is 0 Å². The SMILES string of the molecule is CCN(CC)C(N)=NCCCOCc1ccc(OC)cc1. The fourth-order valence-corrected chi connectivity index (χ4v) is 1.92. The van der Waals surface area contributed by atoms with Gasteiger partial charge in [0.1, 0.15) is 5.75 Å². The van der Waals surface area contributed by atoms with E-state index >= 15 is 0 Å². The summed E-state index contributed by atoms with van der Waals surface area (Å²) in [5, 5.41) is 0. The molecule has 0 saturated heterocycles. The molecule has 0 aliphatic carbocycles. The lowest BCUT2D eigenvalue weighted by molar-refractivity contribution is 0.120. The molecule has 0 bridgehead atoms. The third-order valence-corrected chi connectivity index (χ3v) is 3.24. The van der Waals surface area contributed by atoms with Crippen LogP contribution in [0.1, 0.15) is 25.8 Å². The van der Waals surface area contributed by atoms with Crippen molar-refractivity contribution in [1.29, 1.82) is 0 Å². The van der Waals surface area contributed by atoms with Gasteiger partial charge in [-0.2, -0.15) is 0 Å². The normalized spacial score (nSPS) is 11.5. The highest BCUT2D eigenvalue weighted by atomic mass is 16.5. The summed E-state index contributed by atoms with van der Waals surface area (Å²) in [6, 6.07) is 7.90. The van der Waals surface area contributed by atoms with Crippen molar-refractivity contribution in [2.24, 2.45) is 10.7 Å². The molecule has 1 rings (SSSR count). The van der Waals surface area contributed by atoms with Crippen molar-refractivity contribution in [3.63, 3.8) is 0 Å². The highest BCUT2D eigenvalue weighted by molar-refractivity contribution is 5.77. The monoisotopic (exact) mass is 293 g/mol. The average Bonchev–Trinajstić information content (AvgIpc) is 2.52. The fraction of sp³-hybridized carbons (Fsp3) is 0.562. The summed E-state index contributed by atoms with van der Waals surface area (Å²) in [5.74, 6) is 1.48. The van der Waals surface area contributed by atoms with Gasteiger partial charge in [0.25, 0.3) is 0 Å². The van der Waals surface area contributed by atoms with Gasteiger partial charge in [-0.1, -0.05) is 12.1 Å². The molecule has 5 heteroatoms. The zero-order valence-corrected chi connectivity index (χ0v) is 13.3. The molecule has 0 spiro atoms. The van der Waals surface area contributed by atoms with E-state index in [2.05, 4.69) is 18.8 Å². The van der Waals surface area contributed by atoms with E-state index in [0.29, 0.717) is 25.7 Å². The van der Waals surface area contributed by atoms with Crippen LogP contribution in [0.4, 0.5) is 0 Å². The van der Waals surface area contributed by atoms with Crippen molar-refractivity contribution in [3.8, 4) is 5.75 Å². The Bertz CT molecular complexity index is 414. The number of aliphatic imine (C=N–C) groups is 1. The second kappa shape index (κ2) is 10.0. The quantitative estimate of drug-likeness (QED) is 0.431. The van der Waals surface area contributed by atoms with Gasteiger partial charge in [0.2, 0.25) is 0 Å². The Hall–Kier alpha value is -1.75. The van der Waals surface area contributed by atoms with Crippen molar-refractivity contribution in [2.75, 3.05) is 33.4 Å². The fourth-order valence-electron chi connectivity index (χ4n) is 1.92. The number of methoxy groups -OCH3 is 1. The third-order valence-electron chi connectivity index (χ3n) is 3.24. The van der Waals surface area contributed by atoms with E-state index in [9.17, 15) is 0 Å². The Labute approximate surface area is 127 Å². The first-order valence-electron chi connectivity index (χ1n) is 7.46. The molecule has 0 fully saturated rings. The zero-order chi connectivity index (χ0) is 15.5. The van der Waals surface area contributed by atoms with Crippen molar-refractivity contribution < 1.29 is 9.47 Å². The maximum Gasteiger partial charge on any atom is 0.191 e. The first-order valence-corrected chi connectivity index (χ1v) is 7.46. The van der Waals surface area contributed by atoms with Crippen LogP contribution in [0.5, 0.6) is 5.75 Å². The first kappa shape index (κ1) is 17.3. The summed E-state index contributed by atoms with van der Waals surface area (Å²) >= 11 is 0. The van der Waals surface area contributed by atoms with Crippen LogP contribution in [0.15, 0.2) is 29.3 Å². The zero-order valence-electron chi connectivity index (χ0n) is 13.3. The topological polar surface area (TPSA) is 60.1 Å². The third kappa shape index (κ3) is 6.49. The maximum absolute atomic E-state index is 5.90. The molecule has 0 aliphatic heterocycles. The van der Waals surface area contributed by atoms with Crippen LogP contribution in [-0.4, -0.2) is 44.2 Å². The predicted octanol–water partition coefficient (Wildman–Crippen LogP) is 2.26. The van der Waals surface area contributed by atoms with Crippen molar-refractivity contribution in [1.82, 2.24) is 4.90 Å². The molecule has 118 valence electrons. The lowest BCUT2D eigenvalue weighted by Crippen LogP contribution is -2.37. The molecule has 0 unspecified atom stereocenters. The maximum atomic E-state index is 5.90. The van der Waals surface area contributed by atoms with Crippen molar-refractivity contribution in [3.05, 3.63) is 29.8 Å². The van der Waals surface area contributed by atoms with E-state index in [1.807, 2.05) is 29.2 Å². The Morgan fingerprint density at radius 3 is 2.43 bits per heavy atom. The molecule has 21 heavy (non-hydrogen) atoms. The number of guanidine groups is 1. The highest BCUT2D eigenvalue weighted by Crippen LogP contribution is 2.11. The van der Waals surface area contributed by atoms with Gasteiger partial charge in [-0.3, -0.25) is 4.99 Å². The molecule has 0 saturated carbocycles. The number of hydrogen-bond donors (Lipinski definition) is 1. The molecular weight excluding hydrogens is 266 g/mol. The largest absolute Gasteiger partial charge is 0.497 e. The van der Waals surface area contributed by atoms with Gasteiger partial charge in [0, 0.05) is 26.2 Å². The van der Waals surface area contributed by atoms with Crippen molar-refractivity contribution in [2.45, 2.75) is 26.9 Å². The molecule has 0 atom stereocenters. The van der Waals surface area contributed by atoms with Gasteiger partial charge in [0.05, 0.1) is 13.7 Å².